The Kier molecular flexibility index (Phi) is 3.77. The van der Waals surface area contributed by atoms with Gasteiger partial charge in [-0.15, -0.1) is 0 Å². The van der Waals surface area contributed by atoms with E-state index in [1.807, 2.05) is 0 Å². The lowest BCUT2D eigenvalue weighted by Crippen LogP contribution is -2.12. The fourth-order valence-corrected chi connectivity index (χ4v) is 1.71. The number of carbonyl (C=O) groups is 1. The molecule has 2 rings (SSSR count). The molecule has 0 aliphatic rings. The monoisotopic (exact) mass is 257 g/mol. The number of phenols is 1. The first-order chi connectivity index (χ1) is 9.08. The molecule has 1 unspecified atom stereocenters. The molecule has 5 nitrogen and oxygen atoms in total. The molecule has 0 aliphatic heterocycles. The van der Waals surface area contributed by atoms with E-state index in [9.17, 15) is 9.90 Å². The number of carbonyl (C=O) groups excluding carboxylic acids is 1. The molecule has 0 saturated heterocycles. The molecule has 4 N–H and O–H groups in total. The highest BCUT2D eigenvalue weighted by atomic mass is 16.3. The number of aromatic hydroxyl groups is 1. The molecule has 0 fully saturated rings. The zero-order valence-corrected chi connectivity index (χ0v) is 10.5. The molecule has 1 amide bonds. The molecule has 19 heavy (non-hydrogen) atoms. The molecule has 1 atom stereocenters. The van der Waals surface area contributed by atoms with Gasteiger partial charge in [-0.1, -0.05) is 6.07 Å². The average molecular weight is 257 g/mol. The summed E-state index contributed by atoms with van der Waals surface area (Å²) >= 11 is 0. The Morgan fingerprint density at radius 3 is 2.58 bits per heavy atom. The van der Waals surface area contributed by atoms with E-state index < -0.39 is 0 Å². The van der Waals surface area contributed by atoms with Gasteiger partial charge in [0.15, 0.2) is 0 Å². The van der Waals surface area contributed by atoms with Crippen LogP contribution in [-0.2, 0) is 0 Å². The number of anilines is 1. The summed E-state index contributed by atoms with van der Waals surface area (Å²) in [4.78, 5) is 15.8. The summed E-state index contributed by atoms with van der Waals surface area (Å²) in [5.74, 6) is -0.268. The van der Waals surface area contributed by atoms with Crippen LogP contribution in [0.3, 0.4) is 0 Å². The second kappa shape index (κ2) is 5.49. The zero-order valence-electron chi connectivity index (χ0n) is 10.5. The molecule has 1 aromatic carbocycles. The lowest BCUT2D eigenvalue weighted by atomic mass is 10.0. The van der Waals surface area contributed by atoms with Crippen molar-refractivity contribution in [2.24, 2.45) is 5.73 Å². The van der Waals surface area contributed by atoms with Gasteiger partial charge in [-0.3, -0.25) is 9.78 Å². The Hall–Kier alpha value is -2.40. The van der Waals surface area contributed by atoms with Gasteiger partial charge in [-0.05, 0) is 31.2 Å². The number of pyridine rings is 1. The van der Waals surface area contributed by atoms with Crippen LogP contribution >= 0.6 is 0 Å². The normalized spacial score (nSPS) is 11.9. The molecule has 2 aromatic rings. The largest absolute Gasteiger partial charge is 0.508 e. The van der Waals surface area contributed by atoms with Gasteiger partial charge in [0, 0.05) is 35.2 Å². The van der Waals surface area contributed by atoms with Crippen LogP contribution in [0.5, 0.6) is 5.75 Å². The fourth-order valence-electron chi connectivity index (χ4n) is 1.71. The van der Waals surface area contributed by atoms with Crippen molar-refractivity contribution in [3.63, 3.8) is 0 Å². The highest BCUT2D eigenvalue weighted by Gasteiger charge is 2.11. The molecule has 5 heteroatoms. The van der Waals surface area contributed by atoms with E-state index in [0.717, 1.165) is 0 Å². The van der Waals surface area contributed by atoms with Crippen molar-refractivity contribution in [1.82, 2.24) is 4.98 Å². The maximum atomic E-state index is 12.0. The van der Waals surface area contributed by atoms with Crippen LogP contribution in [0.2, 0.25) is 0 Å². The molecule has 1 heterocycles. The van der Waals surface area contributed by atoms with E-state index >= 15 is 0 Å². The molecule has 1 aromatic heterocycles. The number of benzene rings is 1. The van der Waals surface area contributed by atoms with Crippen molar-refractivity contribution in [3.8, 4) is 5.75 Å². The Balaban J connectivity index is 2.18. The summed E-state index contributed by atoms with van der Waals surface area (Å²) in [6.07, 6.45) is 3.18. The van der Waals surface area contributed by atoms with Crippen molar-refractivity contribution in [1.29, 1.82) is 0 Å². The number of nitrogens with zero attached hydrogens (tertiary/aromatic N) is 1. The van der Waals surface area contributed by atoms with Crippen LogP contribution in [-0.4, -0.2) is 16.0 Å². The topological polar surface area (TPSA) is 88.2 Å². The van der Waals surface area contributed by atoms with Gasteiger partial charge in [-0.25, -0.2) is 0 Å². The van der Waals surface area contributed by atoms with Gasteiger partial charge in [-0.2, -0.15) is 0 Å². The first kappa shape index (κ1) is 13.0. The van der Waals surface area contributed by atoms with E-state index in [4.69, 9.17) is 5.73 Å². The Bertz CT molecular complexity index is 582. The first-order valence-electron chi connectivity index (χ1n) is 5.88. The van der Waals surface area contributed by atoms with Crippen LogP contribution in [0, 0.1) is 0 Å². The van der Waals surface area contributed by atoms with Crippen LogP contribution in [0.4, 0.5) is 5.69 Å². The smallest absolute Gasteiger partial charge is 0.255 e. The third kappa shape index (κ3) is 3.08. The minimum atomic E-state index is -0.294. The maximum absolute atomic E-state index is 12.0. The molecular formula is C14H15N3O2. The second-order valence-corrected chi connectivity index (χ2v) is 4.25. The molecule has 98 valence electrons. The van der Waals surface area contributed by atoms with Crippen molar-refractivity contribution >= 4 is 11.6 Å². The Morgan fingerprint density at radius 2 is 2.00 bits per heavy atom. The van der Waals surface area contributed by atoms with Gasteiger partial charge >= 0.3 is 0 Å². The number of hydrogen-bond acceptors (Lipinski definition) is 4. The third-order valence-corrected chi connectivity index (χ3v) is 2.72. The lowest BCUT2D eigenvalue weighted by Gasteiger charge is -2.10. The molecular weight excluding hydrogens is 242 g/mol. The first-order valence-corrected chi connectivity index (χ1v) is 5.88. The lowest BCUT2D eigenvalue weighted by molar-refractivity contribution is 0.102. The van der Waals surface area contributed by atoms with Crippen LogP contribution < -0.4 is 11.1 Å². The molecule has 0 aliphatic carbocycles. The van der Waals surface area contributed by atoms with Crippen molar-refractivity contribution in [2.45, 2.75) is 13.0 Å². The van der Waals surface area contributed by atoms with Crippen molar-refractivity contribution in [3.05, 3.63) is 53.9 Å². The summed E-state index contributed by atoms with van der Waals surface area (Å²) in [5.41, 5.74) is 7.33. The minimum absolute atomic E-state index is 0.0254. The second-order valence-electron chi connectivity index (χ2n) is 4.25. The summed E-state index contributed by atoms with van der Waals surface area (Å²) < 4.78 is 0. The van der Waals surface area contributed by atoms with E-state index in [-0.39, 0.29) is 17.7 Å². The molecule has 0 spiro atoms. The number of amides is 1. The van der Waals surface area contributed by atoms with Crippen LogP contribution in [0.15, 0.2) is 42.7 Å². The highest BCUT2D eigenvalue weighted by Crippen LogP contribution is 2.24. The number of rotatable bonds is 3. The van der Waals surface area contributed by atoms with Gasteiger partial charge in [0.25, 0.3) is 5.91 Å². The quantitative estimate of drug-likeness (QED) is 0.785. The molecule has 0 saturated carbocycles. The third-order valence-electron chi connectivity index (χ3n) is 2.72. The standard InChI is InChI=1S/C14H15N3O2/c1-9(15)12-3-2-10(8-13(12)18)14(19)17-11-4-6-16-7-5-11/h2-9,18H,15H2,1H3,(H,16,17,19). The van der Waals surface area contributed by atoms with E-state index in [1.54, 1.807) is 43.6 Å². The van der Waals surface area contributed by atoms with Crippen molar-refractivity contribution < 1.29 is 9.90 Å². The highest BCUT2D eigenvalue weighted by molar-refractivity contribution is 6.04. The maximum Gasteiger partial charge on any atom is 0.255 e. The number of aromatic nitrogens is 1. The van der Waals surface area contributed by atoms with E-state index in [2.05, 4.69) is 10.3 Å². The fraction of sp³-hybridized carbons (Fsp3) is 0.143. The Labute approximate surface area is 111 Å². The number of nitrogens with two attached hydrogens (primary N) is 1. The number of nitrogens with one attached hydrogen (secondary N) is 1. The summed E-state index contributed by atoms with van der Waals surface area (Å²) in [5, 5.41) is 12.5. The van der Waals surface area contributed by atoms with Crippen LogP contribution in [0.1, 0.15) is 28.9 Å². The van der Waals surface area contributed by atoms with Crippen LogP contribution in [0.25, 0.3) is 0 Å². The predicted molar refractivity (Wildman–Crippen MR) is 72.9 cm³/mol. The molecule has 0 radical (unpaired) electrons. The summed E-state index contributed by atoms with van der Waals surface area (Å²) in [6, 6.07) is 7.80. The number of hydrogen-bond donors (Lipinski definition) is 3. The minimum Gasteiger partial charge on any atom is -0.508 e. The van der Waals surface area contributed by atoms with E-state index in [0.29, 0.717) is 16.8 Å². The molecule has 0 bridgehead atoms. The SMILES string of the molecule is CC(N)c1ccc(C(=O)Nc2ccncc2)cc1O. The zero-order chi connectivity index (χ0) is 13.8. The van der Waals surface area contributed by atoms with Gasteiger partial charge in [0.2, 0.25) is 0 Å². The van der Waals surface area contributed by atoms with Crippen molar-refractivity contribution in [2.75, 3.05) is 5.32 Å². The van der Waals surface area contributed by atoms with E-state index in [1.165, 1.54) is 6.07 Å². The van der Waals surface area contributed by atoms with Gasteiger partial charge in [0.05, 0.1) is 0 Å². The van der Waals surface area contributed by atoms with Gasteiger partial charge in [0.1, 0.15) is 5.75 Å². The van der Waals surface area contributed by atoms with Gasteiger partial charge < -0.3 is 16.2 Å². The average Bonchev–Trinajstić information content (AvgIpc) is 2.39. The predicted octanol–water partition coefficient (Wildman–Crippen LogP) is 2.06. The Morgan fingerprint density at radius 1 is 1.32 bits per heavy atom. The number of phenolic OH excluding ortho intramolecular Hbond substituents is 1. The summed E-state index contributed by atoms with van der Waals surface area (Å²) in [7, 11) is 0. The summed E-state index contributed by atoms with van der Waals surface area (Å²) in [6.45, 7) is 1.77.